The lowest BCUT2D eigenvalue weighted by Gasteiger charge is -2.00. The number of nitrogens with two attached hydrogens (primary N) is 1. The lowest BCUT2D eigenvalue weighted by molar-refractivity contribution is 0.751. The number of halogens is 1. The van der Waals surface area contributed by atoms with Crippen LogP contribution in [0.5, 0.6) is 0 Å². The molecule has 0 aliphatic heterocycles. The van der Waals surface area contributed by atoms with Crippen LogP contribution >= 0.6 is 11.6 Å². The molecule has 0 radical (unpaired) electrons. The Bertz CT molecular complexity index is 488. The standard InChI is InChI=1S/C10H12ClN3/c1-6-8-4-9(11)7(5-12)3-10(8)13-14(6)2/h3-4H,5,12H2,1-2H3. The van der Waals surface area contributed by atoms with Crippen LogP contribution in [0, 0.1) is 6.92 Å². The number of benzene rings is 1. The van der Waals surface area contributed by atoms with E-state index in [1.54, 1.807) is 0 Å². The van der Waals surface area contributed by atoms with Crippen molar-refractivity contribution in [1.82, 2.24) is 9.78 Å². The Morgan fingerprint density at radius 2 is 2.21 bits per heavy atom. The number of hydrogen-bond acceptors (Lipinski definition) is 2. The first-order valence-electron chi connectivity index (χ1n) is 4.45. The maximum atomic E-state index is 6.07. The van der Waals surface area contributed by atoms with Crippen LogP contribution in [0.2, 0.25) is 5.02 Å². The summed E-state index contributed by atoms with van der Waals surface area (Å²) in [7, 11) is 1.92. The van der Waals surface area contributed by atoms with Crippen LogP contribution in [-0.4, -0.2) is 9.78 Å². The number of aryl methyl sites for hydroxylation is 2. The van der Waals surface area contributed by atoms with Crippen LogP contribution in [0.25, 0.3) is 10.9 Å². The van der Waals surface area contributed by atoms with E-state index in [-0.39, 0.29) is 0 Å². The van der Waals surface area contributed by atoms with Gasteiger partial charge in [0.25, 0.3) is 0 Å². The first-order valence-corrected chi connectivity index (χ1v) is 4.83. The van der Waals surface area contributed by atoms with Crippen LogP contribution in [0.3, 0.4) is 0 Å². The van der Waals surface area contributed by atoms with Crippen molar-refractivity contribution >= 4 is 22.5 Å². The van der Waals surface area contributed by atoms with E-state index in [0.29, 0.717) is 6.54 Å². The van der Waals surface area contributed by atoms with Gasteiger partial charge in [0, 0.05) is 29.7 Å². The minimum Gasteiger partial charge on any atom is -0.326 e. The summed E-state index contributed by atoms with van der Waals surface area (Å²) in [5.41, 5.74) is 8.58. The Balaban J connectivity index is 2.79. The van der Waals surface area contributed by atoms with E-state index < -0.39 is 0 Å². The van der Waals surface area contributed by atoms with Gasteiger partial charge in [-0.2, -0.15) is 5.10 Å². The molecule has 2 N–H and O–H groups in total. The summed E-state index contributed by atoms with van der Waals surface area (Å²) in [6, 6.07) is 3.88. The molecule has 74 valence electrons. The molecular weight excluding hydrogens is 198 g/mol. The summed E-state index contributed by atoms with van der Waals surface area (Å²) >= 11 is 6.07. The van der Waals surface area contributed by atoms with Crippen LogP contribution in [-0.2, 0) is 13.6 Å². The molecular formula is C10H12ClN3. The number of fused-ring (bicyclic) bond motifs is 1. The normalized spacial score (nSPS) is 11.1. The molecule has 1 heterocycles. The number of rotatable bonds is 1. The number of hydrogen-bond donors (Lipinski definition) is 1. The average Bonchev–Trinajstić information content (AvgIpc) is 2.43. The minimum absolute atomic E-state index is 0.449. The predicted molar refractivity (Wildman–Crippen MR) is 58.4 cm³/mol. The largest absolute Gasteiger partial charge is 0.326 e. The van der Waals surface area contributed by atoms with Gasteiger partial charge in [-0.25, -0.2) is 0 Å². The van der Waals surface area contributed by atoms with Gasteiger partial charge in [-0.15, -0.1) is 0 Å². The van der Waals surface area contributed by atoms with Crippen molar-refractivity contribution in [3.63, 3.8) is 0 Å². The van der Waals surface area contributed by atoms with E-state index in [2.05, 4.69) is 5.10 Å². The second-order valence-electron chi connectivity index (χ2n) is 3.37. The second kappa shape index (κ2) is 3.26. The van der Waals surface area contributed by atoms with Gasteiger partial charge in [0.2, 0.25) is 0 Å². The smallest absolute Gasteiger partial charge is 0.0930 e. The average molecular weight is 210 g/mol. The van der Waals surface area contributed by atoms with Crippen LogP contribution in [0.15, 0.2) is 12.1 Å². The highest BCUT2D eigenvalue weighted by atomic mass is 35.5. The highest BCUT2D eigenvalue weighted by Gasteiger charge is 2.08. The van der Waals surface area contributed by atoms with Crippen molar-refractivity contribution < 1.29 is 0 Å². The van der Waals surface area contributed by atoms with Crippen LogP contribution < -0.4 is 5.73 Å². The van der Waals surface area contributed by atoms with E-state index in [1.807, 2.05) is 30.8 Å². The molecule has 0 saturated carbocycles. The SMILES string of the molecule is Cc1c2cc(Cl)c(CN)cc2nn1C. The zero-order chi connectivity index (χ0) is 10.3. The molecule has 0 bridgehead atoms. The van der Waals surface area contributed by atoms with Gasteiger partial charge in [0.1, 0.15) is 0 Å². The molecule has 0 spiro atoms. The van der Waals surface area contributed by atoms with E-state index in [0.717, 1.165) is 27.2 Å². The third kappa shape index (κ3) is 1.29. The first-order chi connectivity index (χ1) is 6.63. The fourth-order valence-electron chi connectivity index (χ4n) is 1.54. The predicted octanol–water partition coefficient (Wildman–Crippen LogP) is 1.99. The molecule has 2 rings (SSSR count). The highest BCUT2D eigenvalue weighted by Crippen LogP contribution is 2.25. The fourth-order valence-corrected chi connectivity index (χ4v) is 1.79. The monoisotopic (exact) mass is 209 g/mol. The molecule has 1 aromatic heterocycles. The van der Waals surface area contributed by atoms with Crippen molar-refractivity contribution in [3.05, 3.63) is 28.4 Å². The van der Waals surface area contributed by atoms with E-state index >= 15 is 0 Å². The molecule has 0 atom stereocenters. The molecule has 1 aromatic carbocycles. The van der Waals surface area contributed by atoms with Crippen LogP contribution in [0.4, 0.5) is 0 Å². The summed E-state index contributed by atoms with van der Waals surface area (Å²) in [6.07, 6.45) is 0. The Kier molecular flexibility index (Phi) is 2.21. The fraction of sp³-hybridized carbons (Fsp3) is 0.300. The van der Waals surface area contributed by atoms with Crippen LogP contribution in [0.1, 0.15) is 11.3 Å². The molecule has 0 aliphatic rings. The van der Waals surface area contributed by atoms with Gasteiger partial charge in [-0.3, -0.25) is 4.68 Å². The number of aromatic nitrogens is 2. The Morgan fingerprint density at radius 3 is 2.86 bits per heavy atom. The summed E-state index contributed by atoms with van der Waals surface area (Å²) < 4.78 is 1.85. The van der Waals surface area contributed by atoms with Gasteiger partial charge < -0.3 is 5.73 Å². The molecule has 2 aromatic rings. The Morgan fingerprint density at radius 1 is 1.50 bits per heavy atom. The van der Waals surface area contributed by atoms with Crippen molar-refractivity contribution in [3.8, 4) is 0 Å². The molecule has 0 aliphatic carbocycles. The van der Waals surface area contributed by atoms with Crippen molar-refractivity contribution in [2.24, 2.45) is 12.8 Å². The Labute approximate surface area is 87.5 Å². The van der Waals surface area contributed by atoms with Crippen molar-refractivity contribution in [2.75, 3.05) is 0 Å². The zero-order valence-corrected chi connectivity index (χ0v) is 8.97. The third-order valence-electron chi connectivity index (χ3n) is 2.52. The quantitative estimate of drug-likeness (QED) is 0.781. The zero-order valence-electron chi connectivity index (χ0n) is 8.21. The van der Waals surface area contributed by atoms with Gasteiger partial charge >= 0.3 is 0 Å². The lowest BCUT2D eigenvalue weighted by atomic mass is 10.1. The van der Waals surface area contributed by atoms with Crippen molar-refractivity contribution in [1.29, 1.82) is 0 Å². The van der Waals surface area contributed by atoms with Crippen molar-refractivity contribution in [2.45, 2.75) is 13.5 Å². The van der Waals surface area contributed by atoms with Gasteiger partial charge in [0.15, 0.2) is 0 Å². The molecule has 14 heavy (non-hydrogen) atoms. The molecule has 4 heteroatoms. The molecule has 0 unspecified atom stereocenters. The van der Waals surface area contributed by atoms with E-state index in [9.17, 15) is 0 Å². The summed E-state index contributed by atoms with van der Waals surface area (Å²) in [4.78, 5) is 0. The minimum atomic E-state index is 0.449. The molecule has 0 amide bonds. The molecule has 0 fully saturated rings. The summed E-state index contributed by atoms with van der Waals surface area (Å²) in [5, 5.41) is 6.18. The topological polar surface area (TPSA) is 43.8 Å². The third-order valence-corrected chi connectivity index (χ3v) is 2.87. The van der Waals surface area contributed by atoms with Gasteiger partial charge in [-0.1, -0.05) is 11.6 Å². The maximum absolute atomic E-state index is 6.07. The lowest BCUT2D eigenvalue weighted by Crippen LogP contribution is -1.96. The first kappa shape index (κ1) is 9.49. The summed E-state index contributed by atoms with van der Waals surface area (Å²) in [6.45, 7) is 2.47. The maximum Gasteiger partial charge on any atom is 0.0930 e. The number of nitrogens with zero attached hydrogens (tertiary/aromatic N) is 2. The van der Waals surface area contributed by atoms with Gasteiger partial charge in [-0.05, 0) is 24.6 Å². The highest BCUT2D eigenvalue weighted by molar-refractivity contribution is 6.32. The molecule has 3 nitrogen and oxygen atoms in total. The Hall–Kier alpha value is -1.06. The molecule has 0 saturated heterocycles. The van der Waals surface area contributed by atoms with Gasteiger partial charge in [0.05, 0.1) is 5.52 Å². The summed E-state index contributed by atoms with van der Waals surface area (Å²) in [5.74, 6) is 0. The van der Waals surface area contributed by atoms with E-state index in [1.165, 1.54) is 0 Å². The second-order valence-corrected chi connectivity index (χ2v) is 3.78. The van der Waals surface area contributed by atoms with E-state index in [4.69, 9.17) is 17.3 Å².